The first-order chi connectivity index (χ1) is 14.7. The number of nitrogens with zero attached hydrogens (tertiary/aromatic N) is 1. The normalized spacial score (nSPS) is 12.3. The number of nitrogens with one attached hydrogen (secondary N) is 1. The molecule has 2 aromatic carbocycles. The van der Waals surface area contributed by atoms with Gasteiger partial charge in [0.1, 0.15) is 11.5 Å². The third-order valence-electron chi connectivity index (χ3n) is 4.63. The van der Waals surface area contributed by atoms with E-state index in [4.69, 9.17) is 9.47 Å². The Bertz CT molecular complexity index is 1070. The Labute approximate surface area is 177 Å². The molecule has 1 atom stereocenters. The second-order valence-electron chi connectivity index (χ2n) is 6.85. The lowest BCUT2D eigenvalue weighted by molar-refractivity contribution is -0.137. The molecule has 162 valence electrons. The number of aryl methyl sites for hydroxylation is 1. The first kappa shape index (κ1) is 22.3. The molecule has 0 spiro atoms. The van der Waals surface area contributed by atoms with E-state index in [1.165, 1.54) is 12.1 Å². The lowest BCUT2D eigenvalue weighted by Gasteiger charge is -2.13. The van der Waals surface area contributed by atoms with E-state index >= 15 is 0 Å². The van der Waals surface area contributed by atoms with Crippen LogP contribution in [0, 0.1) is 6.92 Å². The van der Waals surface area contributed by atoms with Gasteiger partial charge in [-0.05, 0) is 68.4 Å². The van der Waals surface area contributed by atoms with Crippen molar-refractivity contribution in [3.63, 3.8) is 0 Å². The number of aromatic nitrogens is 1. The number of amides is 1. The molecule has 1 N–H and O–H groups in total. The number of pyridine rings is 1. The van der Waals surface area contributed by atoms with E-state index in [0.29, 0.717) is 22.7 Å². The number of ether oxygens (including phenoxy) is 2. The molecular formula is C23H21F3N2O3. The van der Waals surface area contributed by atoms with E-state index < -0.39 is 11.7 Å². The SMILES string of the molecule is COC(C)c1ccc(C(=O)Nc2ccc(Oc3cccc(C(F)(F)F)c3)cc2)c(C)n1. The van der Waals surface area contributed by atoms with Gasteiger partial charge in [0.25, 0.3) is 5.91 Å². The fourth-order valence-corrected chi connectivity index (χ4v) is 2.84. The Morgan fingerprint density at radius 1 is 1.03 bits per heavy atom. The number of halogens is 3. The molecule has 31 heavy (non-hydrogen) atoms. The van der Waals surface area contributed by atoms with Crippen molar-refractivity contribution < 1.29 is 27.4 Å². The van der Waals surface area contributed by atoms with E-state index in [9.17, 15) is 18.0 Å². The Morgan fingerprint density at radius 2 is 1.74 bits per heavy atom. The molecular weight excluding hydrogens is 409 g/mol. The largest absolute Gasteiger partial charge is 0.457 e. The molecule has 0 saturated heterocycles. The molecule has 1 unspecified atom stereocenters. The number of methoxy groups -OCH3 is 1. The van der Waals surface area contributed by atoms with Crippen LogP contribution in [0.1, 0.15) is 40.3 Å². The molecule has 0 fully saturated rings. The van der Waals surface area contributed by atoms with Crippen molar-refractivity contribution in [1.29, 1.82) is 0 Å². The molecule has 8 heteroatoms. The van der Waals surface area contributed by atoms with Crippen LogP contribution in [0.25, 0.3) is 0 Å². The van der Waals surface area contributed by atoms with Gasteiger partial charge < -0.3 is 14.8 Å². The predicted molar refractivity (Wildman–Crippen MR) is 110 cm³/mol. The minimum absolute atomic E-state index is 0.0682. The van der Waals surface area contributed by atoms with Gasteiger partial charge in [0, 0.05) is 12.8 Å². The number of alkyl halides is 3. The zero-order valence-electron chi connectivity index (χ0n) is 17.2. The molecule has 0 aliphatic heterocycles. The zero-order chi connectivity index (χ0) is 22.6. The van der Waals surface area contributed by atoms with Crippen LogP contribution in [0.2, 0.25) is 0 Å². The lowest BCUT2D eigenvalue weighted by Crippen LogP contribution is -2.15. The zero-order valence-corrected chi connectivity index (χ0v) is 17.2. The first-order valence-electron chi connectivity index (χ1n) is 9.44. The quantitative estimate of drug-likeness (QED) is 0.509. The number of carbonyl (C=O) groups is 1. The standard InChI is InChI=1S/C23H21F3N2O3/c1-14-20(11-12-21(27-14)15(2)30-3)22(29)28-17-7-9-18(10-8-17)31-19-6-4-5-16(13-19)23(24,25)26/h4-13,15H,1-3H3,(H,28,29). The lowest BCUT2D eigenvalue weighted by atomic mass is 10.1. The van der Waals surface area contributed by atoms with Gasteiger partial charge in [-0.25, -0.2) is 0 Å². The van der Waals surface area contributed by atoms with Gasteiger partial charge in [-0.15, -0.1) is 0 Å². The van der Waals surface area contributed by atoms with Gasteiger partial charge >= 0.3 is 6.18 Å². The summed E-state index contributed by atoms with van der Waals surface area (Å²) in [5.74, 6) is 0.0833. The molecule has 0 bridgehead atoms. The number of hydrogen-bond donors (Lipinski definition) is 1. The van der Waals surface area contributed by atoms with Gasteiger partial charge in [-0.3, -0.25) is 9.78 Å². The summed E-state index contributed by atoms with van der Waals surface area (Å²) >= 11 is 0. The number of rotatable bonds is 6. The molecule has 1 amide bonds. The maximum atomic E-state index is 12.8. The monoisotopic (exact) mass is 430 g/mol. The van der Waals surface area contributed by atoms with Crippen LogP contribution in [0.15, 0.2) is 60.7 Å². The van der Waals surface area contributed by atoms with Crippen LogP contribution in [0.5, 0.6) is 11.5 Å². The van der Waals surface area contributed by atoms with E-state index in [1.807, 2.05) is 6.92 Å². The highest BCUT2D eigenvalue weighted by Gasteiger charge is 2.30. The minimum atomic E-state index is -4.44. The first-order valence-corrected chi connectivity index (χ1v) is 9.44. The van der Waals surface area contributed by atoms with Crippen molar-refractivity contribution >= 4 is 11.6 Å². The summed E-state index contributed by atoms with van der Waals surface area (Å²) < 4.78 is 49.2. The second-order valence-corrected chi connectivity index (χ2v) is 6.85. The number of anilines is 1. The van der Waals surface area contributed by atoms with Crippen molar-refractivity contribution in [3.8, 4) is 11.5 Å². The number of hydrogen-bond acceptors (Lipinski definition) is 4. The smallest absolute Gasteiger partial charge is 0.416 e. The van der Waals surface area contributed by atoms with E-state index in [2.05, 4.69) is 10.3 Å². The van der Waals surface area contributed by atoms with Gasteiger partial charge in [0.05, 0.1) is 28.6 Å². The summed E-state index contributed by atoms with van der Waals surface area (Å²) in [6.07, 6.45) is -4.62. The molecule has 0 aliphatic rings. The third kappa shape index (κ3) is 5.61. The maximum Gasteiger partial charge on any atom is 0.416 e. The van der Waals surface area contributed by atoms with Gasteiger partial charge in [0.15, 0.2) is 0 Å². The molecule has 3 aromatic rings. The van der Waals surface area contributed by atoms with Crippen molar-refractivity contribution in [1.82, 2.24) is 4.98 Å². The summed E-state index contributed by atoms with van der Waals surface area (Å²) in [5, 5.41) is 2.77. The maximum absolute atomic E-state index is 12.8. The molecule has 5 nitrogen and oxygen atoms in total. The van der Waals surface area contributed by atoms with E-state index in [0.717, 1.165) is 17.8 Å². The van der Waals surface area contributed by atoms with Gasteiger partial charge in [0.2, 0.25) is 0 Å². The fraction of sp³-hybridized carbons (Fsp3) is 0.217. The summed E-state index contributed by atoms with van der Waals surface area (Å²) in [5.41, 5.74) is 1.45. The Kier molecular flexibility index (Phi) is 6.60. The van der Waals surface area contributed by atoms with E-state index in [1.54, 1.807) is 50.4 Å². The van der Waals surface area contributed by atoms with Gasteiger partial charge in [-0.2, -0.15) is 13.2 Å². The van der Waals surface area contributed by atoms with Crippen LogP contribution in [-0.2, 0) is 10.9 Å². The average molecular weight is 430 g/mol. The van der Waals surface area contributed by atoms with E-state index in [-0.39, 0.29) is 17.8 Å². The minimum Gasteiger partial charge on any atom is -0.457 e. The van der Waals surface area contributed by atoms with Crippen molar-refractivity contribution in [2.75, 3.05) is 12.4 Å². The fourth-order valence-electron chi connectivity index (χ4n) is 2.84. The number of carbonyl (C=O) groups excluding carboxylic acids is 1. The highest BCUT2D eigenvalue weighted by Crippen LogP contribution is 2.33. The summed E-state index contributed by atoms with van der Waals surface area (Å²) in [7, 11) is 1.59. The molecule has 1 heterocycles. The highest BCUT2D eigenvalue weighted by atomic mass is 19.4. The molecule has 0 radical (unpaired) electrons. The summed E-state index contributed by atoms with van der Waals surface area (Å²) in [6, 6.07) is 14.4. The average Bonchev–Trinajstić information content (AvgIpc) is 2.74. The van der Waals surface area contributed by atoms with Crippen LogP contribution >= 0.6 is 0 Å². The Morgan fingerprint density at radius 3 is 2.35 bits per heavy atom. The van der Waals surface area contributed by atoms with Crippen molar-refractivity contribution in [3.05, 3.63) is 83.2 Å². The van der Waals surface area contributed by atoms with Crippen molar-refractivity contribution in [2.45, 2.75) is 26.1 Å². The highest BCUT2D eigenvalue weighted by molar-refractivity contribution is 6.05. The summed E-state index contributed by atoms with van der Waals surface area (Å²) in [6.45, 7) is 3.61. The molecule has 1 aromatic heterocycles. The topological polar surface area (TPSA) is 60.5 Å². The Balaban J connectivity index is 1.68. The second kappa shape index (κ2) is 9.18. The number of benzene rings is 2. The molecule has 0 aliphatic carbocycles. The van der Waals surface area contributed by atoms with Gasteiger partial charge in [-0.1, -0.05) is 6.07 Å². The molecule has 0 saturated carbocycles. The molecule has 3 rings (SSSR count). The summed E-state index contributed by atoms with van der Waals surface area (Å²) in [4.78, 5) is 17.0. The van der Waals surface area contributed by atoms with Crippen LogP contribution < -0.4 is 10.1 Å². The predicted octanol–water partition coefficient (Wildman–Crippen LogP) is 6.16. The van der Waals surface area contributed by atoms with Crippen LogP contribution in [0.4, 0.5) is 18.9 Å². The third-order valence-corrected chi connectivity index (χ3v) is 4.63. The van der Waals surface area contributed by atoms with Crippen molar-refractivity contribution in [2.24, 2.45) is 0 Å². The van der Waals surface area contributed by atoms with Crippen LogP contribution in [-0.4, -0.2) is 18.0 Å². The Hall–Kier alpha value is -3.39. The van der Waals surface area contributed by atoms with Crippen LogP contribution in [0.3, 0.4) is 0 Å².